The lowest BCUT2D eigenvalue weighted by molar-refractivity contribution is 0.0523. The summed E-state index contributed by atoms with van der Waals surface area (Å²) in [6, 6.07) is 1.30. The van der Waals surface area contributed by atoms with E-state index in [2.05, 4.69) is 22.5 Å². The van der Waals surface area contributed by atoms with Crippen LogP contribution in [0.3, 0.4) is 0 Å². The summed E-state index contributed by atoms with van der Waals surface area (Å²) in [6.07, 6.45) is 5.48. The Morgan fingerprint density at radius 2 is 2.19 bits per heavy atom. The molecule has 3 fully saturated rings. The summed E-state index contributed by atoms with van der Waals surface area (Å²) < 4.78 is 5.65. The first-order valence-corrected chi connectivity index (χ1v) is 8.63. The molecule has 0 aromatic heterocycles. The molecule has 3 rings (SSSR count). The van der Waals surface area contributed by atoms with E-state index in [-0.39, 0.29) is 12.4 Å². The summed E-state index contributed by atoms with van der Waals surface area (Å²) in [5.41, 5.74) is 0. The van der Waals surface area contributed by atoms with Crippen molar-refractivity contribution in [3.05, 3.63) is 0 Å². The molecular weight excluding hydrogens is 286 g/mol. The second-order valence-corrected chi connectivity index (χ2v) is 6.79. The lowest BCUT2D eigenvalue weighted by Gasteiger charge is -2.33. The van der Waals surface area contributed by atoms with Gasteiger partial charge in [-0.15, -0.1) is 12.4 Å². The van der Waals surface area contributed by atoms with Crippen LogP contribution in [0.2, 0.25) is 0 Å². The molecule has 0 spiro atoms. The molecule has 0 amide bonds. The SMILES string of the molecule is CCN1CCC(CNC2CCCC2C2COCCN2)C1.Cl. The van der Waals surface area contributed by atoms with Crippen molar-refractivity contribution < 1.29 is 4.74 Å². The van der Waals surface area contributed by atoms with Gasteiger partial charge < -0.3 is 20.3 Å². The number of hydrogen-bond acceptors (Lipinski definition) is 4. The number of halogens is 1. The minimum atomic E-state index is 0. The highest BCUT2D eigenvalue weighted by molar-refractivity contribution is 5.85. The minimum absolute atomic E-state index is 0. The number of ether oxygens (including phenoxy) is 1. The molecule has 0 aromatic rings. The fourth-order valence-corrected chi connectivity index (χ4v) is 4.27. The first-order valence-electron chi connectivity index (χ1n) is 8.63. The Morgan fingerprint density at radius 1 is 1.29 bits per heavy atom. The zero-order valence-electron chi connectivity index (χ0n) is 13.4. The normalized spacial score (nSPS) is 37.6. The zero-order chi connectivity index (χ0) is 13.8. The molecule has 0 aromatic carbocycles. The summed E-state index contributed by atoms with van der Waals surface area (Å²) in [7, 11) is 0. The summed E-state index contributed by atoms with van der Waals surface area (Å²) in [6.45, 7) is 10.1. The van der Waals surface area contributed by atoms with Gasteiger partial charge in [0.05, 0.1) is 13.2 Å². The van der Waals surface area contributed by atoms with Crippen LogP contribution >= 0.6 is 12.4 Å². The Kier molecular flexibility index (Phi) is 7.23. The number of rotatable bonds is 5. The predicted molar refractivity (Wildman–Crippen MR) is 89.2 cm³/mol. The lowest BCUT2D eigenvalue weighted by Crippen LogP contribution is -2.51. The Hall–Kier alpha value is 0.130. The van der Waals surface area contributed by atoms with Crippen molar-refractivity contribution in [3.8, 4) is 0 Å². The van der Waals surface area contributed by atoms with Crippen molar-refractivity contribution in [2.45, 2.75) is 44.7 Å². The van der Waals surface area contributed by atoms with Crippen LogP contribution in [0.25, 0.3) is 0 Å². The molecule has 2 heterocycles. The van der Waals surface area contributed by atoms with E-state index in [1.165, 1.54) is 51.9 Å². The number of hydrogen-bond donors (Lipinski definition) is 2. The lowest BCUT2D eigenvalue weighted by atomic mass is 9.93. The van der Waals surface area contributed by atoms with Crippen molar-refractivity contribution in [2.24, 2.45) is 11.8 Å². The van der Waals surface area contributed by atoms with E-state index in [0.29, 0.717) is 12.1 Å². The highest BCUT2D eigenvalue weighted by Gasteiger charge is 2.35. The predicted octanol–water partition coefficient (Wildman–Crippen LogP) is 1.50. The molecule has 21 heavy (non-hydrogen) atoms. The molecular formula is C16H32ClN3O. The Balaban J connectivity index is 0.00000161. The summed E-state index contributed by atoms with van der Waals surface area (Å²) in [4.78, 5) is 2.58. The van der Waals surface area contributed by atoms with Crippen molar-refractivity contribution in [2.75, 3.05) is 45.9 Å². The van der Waals surface area contributed by atoms with Gasteiger partial charge >= 0.3 is 0 Å². The molecule has 0 radical (unpaired) electrons. The van der Waals surface area contributed by atoms with Crippen molar-refractivity contribution in [1.29, 1.82) is 0 Å². The Labute approximate surface area is 135 Å². The fourth-order valence-electron chi connectivity index (χ4n) is 4.27. The Morgan fingerprint density at radius 3 is 2.90 bits per heavy atom. The van der Waals surface area contributed by atoms with Crippen LogP contribution in [0.4, 0.5) is 0 Å². The third-order valence-electron chi connectivity index (χ3n) is 5.52. The van der Waals surface area contributed by atoms with Crippen LogP contribution in [-0.2, 0) is 4.74 Å². The summed E-state index contributed by atoms with van der Waals surface area (Å²) in [5, 5.41) is 7.56. The minimum Gasteiger partial charge on any atom is -0.379 e. The van der Waals surface area contributed by atoms with Crippen molar-refractivity contribution in [1.82, 2.24) is 15.5 Å². The van der Waals surface area contributed by atoms with E-state index in [1.807, 2.05) is 0 Å². The zero-order valence-corrected chi connectivity index (χ0v) is 14.2. The van der Waals surface area contributed by atoms with Crippen LogP contribution in [0.5, 0.6) is 0 Å². The molecule has 5 heteroatoms. The number of morpholine rings is 1. The standard InChI is InChI=1S/C16H31N3O.ClH/c1-2-19-8-6-13(11-19)10-18-15-5-3-4-14(15)16-12-20-9-7-17-16;/h13-18H,2-12H2,1H3;1H. The van der Waals surface area contributed by atoms with Crippen molar-refractivity contribution >= 4 is 12.4 Å². The highest BCUT2D eigenvalue weighted by Crippen LogP contribution is 2.30. The van der Waals surface area contributed by atoms with Gasteiger partial charge in [-0.25, -0.2) is 0 Å². The quantitative estimate of drug-likeness (QED) is 0.805. The van der Waals surface area contributed by atoms with E-state index in [4.69, 9.17) is 4.74 Å². The van der Waals surface area contributed by atoms with Gasteiger partial charge in [0.25, 0.3) is 0 Å². The van der Waals surface area contributed by atoms with E-state index >= 15 is 0 Å². The molecule has 124 valence electrons. The van der Waals surface area contributed by atoms with Gasteiger partial charge in [-0.05, 0) is 50.7 Å². The molecule has 4 unspecified atom stereocenters. The molecule has 2 saturated heterocycles. The molecule has 1 saturated carbocycles. The second-order valence-electron chi connectivity index (χ2n) is 6.79. The monoisotopic (exact) mass is 317 g/mol. The summed E-state index contributed by atoms with van der Waals surface area (Å²) >= 11 is 0. The van der Waals surface area contributed by atoms with E-state index in [0.717, 1.165) is 31.6 Å². The molecule has 0 bridgehead atoms. The number of nitrogens with zero attached hydrogens (tertiary/aromatic N) is 1. The molecule has 3 aliphatic rings. The van der Waals surface area contributed by atoms with Crippen LogP contribution in [0.1, 0.15) is 32.6 Å². The first kappa shape index (κ1) is 17.5. The molecule has 4 atom stereocenters. The van der Waals surface area contributed by atoms with Crippen LogP contribution in [0.15, 0.2) is 0 Å². The fraction of sp³-hybridized carbons (Fsp3) is 1.00. The van der Waals surface area contributed by atoms with E-state index in [9.17, 15) is 0 Å². The molecule has 4 nitrogen and oxygen atoms in total. The first-order chi connectivity index (χ1) is 9.86. The third-order valence-corrected chi connectivity index (χ3v) is 5.52. The maximum Gasteiger partial charge on any atom is 0.0623 e. The van der Waals surface area contributed by atoms with Gasteiger partial charge in [0.2, 0.25) is 0 Å². The summed E-state index contributed by atoms with van der Waals surface area (Å²) in [5.74, 6) is 1.64. The van der Waals surface area contributed by atoms with E-state index in [1.54, 1.807) is 0 Å². The van der Waals surface area contributed by atoms with Gasteiger partial charge in [0, 0.05) is 25.2 Å². The van der Waals surface area contributed by atoms with Gasteiger partial charge in [-0.2, -0.15) is 0 Å². The van der Waals surface area contributed by atoms with Gasteiger partial charge in [-0.1, -0.05) is 13.3 Å². The topological polar surface area (TPSA) is 36.5 Å². The van der Waals surface area contributed by atoms with Crippen LogP contribution in [-0.4, -0.2) is 62.9 Å². The number of likely N-dealkylation sites (tertiary alicyclic amines) is 1. The van der Waals surface area contributed by atoms with Gasteiger partial charge in [0.15, 0.2) is 0 Å². The maximum absolute atomic E-state index is 5.65. The second kappa shape index (κ2) is 8.68. The Bertz CT molecular complexity index is 299. The molecule has 2 N–H and O–H groups in total. The van der Waals surface area contributed by atoms with Gasteiger partial charge in [-0.3, -0.25) is 0 Å². The largest absolute Gasteiger partial charge is 0.379 e. The molecule has 2 aliphatic heterocycles. The van der Waals surface area contributed by atoms with Gasteiger partial charge in [0.1, 0.15) is 0 Å². The third kappa shape index (κ3) is 4.55. The van der Waals surface area contributed by atoms with Crippen LogP contribution in [0, 0.1) is 11.8 Å². The average Bonchev–Trinajstić information content (AvgIpc) is 3.15. The van der Waals surface area contributed by atoms with Crippen LogP contribution < -0.4 is 10.6 Å². The smallest absolute Gasteiger partial charge is 0.0623 e. The maximum atomic E-state index is 5.65. The highest BCUT2D eigenvalue weighted by atomic mass is 35.5. The van der Waals surface area contributed by atoms with E-state index < -0.39 is 0 Å². The number of nitrogens with one attached hydrogen (secondary N) is 2. The van der Waals surface area contributed by atoms with Crippen molar-refractivity contribution in [3.63, 3.8) is 0 Å². The molecule has 1 aliphatic carbocycles. The average molecular weight is 318 g/mol.